The zero-order chi connectivity index (χ0) is 16.0. The normalized spacial score (nSPS) is 9.95. The van der Waals surface area contributed by atoms with E-state index in [0.29, 0.717) is 5.69 Å². The Labute approximate surface area is 121 Å². The van der Waals surface area contributed by atoms with E-state index in [0.717, 1.165) is 9.80 Å². The van der Waals surface area contributed by atoms with Crippen LogP contribution in [0.15, 0.2) is 24.3 Å². The number of hydrogen-bond donors (Lipinski definition) is 3. The number of rotatable bonds is 6. The second-order valence-electron chi connectivity index (χ2n) is 4.26. The summed E-state index contributed by atoms with van der Waals surface area (Å²) in [5, 5.41) is 18.2. The molecule has 0 atom stereocenters. The molecule has 4 N–H and O–H groups in total. The zero-order valence-electron chi connectivity index (χ0n) is 11.5. The number of urea groups is 1. The van der Waals surface area contributed by atoms with Crippen LogP contribution < -0.4 is 10.6 Å². The van der Waals surface area contributed by atoms with E-state index in [1.165, 1.54) is 24.3 Å². The number of nitrogens with zero attached hydrogens (tertiary/aromatic N) is 2. The monoisotopic (exact) mass is 295 g/mol. The van der Waals surface area contributed by atoms with Gasteiger partial charge in [0.1, 0.15) is 18.8 Å². The number of phenolic OH excluding ortho intramolecular Hbond substituents is 1. The lowest BCUT2D eigenvalue weighted by atomic mass is 10.2. The van der Waals surface area contributed by atoms with Crippen LogP contribution in [-0.2, 0) is 9.59 Å². The van der Waals surface area contributed by atoms with Gasteiger partial charge >= 0.3 is 12.0 Å². The Balaban J connectivity index is 3.05. The van der Waals surface area contributed by atoms with Gasteiger partial charge in [-0.3, -0.25) is 14.5 Å². The van der Waals surface area contributed by atoms with Gasteiger partial charge in [0.05, 0.1) is 0 Å². The Morgan fingerprint density at radius 1 is 1.14 bits per heavy atom. The number of likely N-dealkylation sites (N-methyl/N-ethyl adjacent to an activating group) is 1. The molecule has 0 saturated heterocycles. The largest absolute Gasteiger partial charge is 0.508 e. The molecule has 21 heavy (non-hydrogen) atoms. The summed E-state index contributed by atoms with van der Waals surface area (Å²) < 4.78 is 0. The van der Waals surface area contributed by atoms with Crippen LogP contribution in [-0.4, -0.2) is 52.7 Å². The molecule has 0 bridgehead atoms. The fourth-order valence-corrected chi connectivity index (χ4v) is 1.71. The fourth-order valence-electron chi connectivity index (χ4n) is 1.71. The Bertz CT molecular complexity index is 529. The maximum absolute atomic E-state index is 12.3. The maximum atomic E-state index is 12.3. The SMILES string of the molecule is CCN(CC(N)=O)C(=O)N(CC(=O)O)c1ccc(O)cc1. The third-order valence-corrected chi connectivity index (χ3v) is 2.68. The van der Waals surface area contributed by atoms with E-state index >= 15 is 0 Å². The smallest absolute Gasteiger partial charge is 0.325 e. The molecule has 0 heterocycles. The number of hydrogen-bond acceptors (Lipinski definition) is 4. The number of carboxylic acids is 1. The Kier molecular flexibility index (Phi) is 5.53. The predicted molar refractivity (Wildman–Crippen MR) is 74.9 cm³/mol. The van der Waals surface area contributed by atoms with Gasteiger partial charge in [-0.15, -0.1) is 0 Å². The second kappa shape index (κ2) is 7.13. The molecular weight excluding hydrogens is 278 g/mol. The topological polar surface area (TPSA) is 124 Å². The molecule has 1 aromatic carbocycles. The minimum Gasteiger partial charge on any atom is -0.508 e. The number of phenols is 1. The van der Waals surface area contributed by atoms with Crippen LogP contribution in [0.25, 0.3) is 0 Å². The molecule has 1 rings (SSSR count). The van der Waals surface area contributed by atoms with Crippen LogP contribution >= 0.6 is 0 Å². The van der Waals surface area contributed by atoms with Gasteiger partial charge < -0.3 is 20.8 Å². The van der Waals surface area contributed by atoms with Gasteiger partial charge in [0.25, 0.3) is 0 Å². The van der Waals surface area contributed by atoms with Gasteiger partial charge in [0.15, 0.2) is 0 Å². The van der Waals surface area contributed by atoms with Crippen molar-refractivity contribution in [1.82, 2.24) is 4.90 Å². The molecule has 1 aromatic rings. The molecule has 8 heteroatoms. The molecule has 114 valence electrons. The summed E-state index contributed by atoms with van der Waals surface area (Å²) in [4.78, 5) is 36.4. The summed E-state index contributed by atoms with van der Waals surface area (Å²) >= 11 is 0. The number of anilines is 1. The number of aliphatic carboxylic acids is 1. The Morgan fingerprint density at radius 3 is 2.14 bits per heavy atom. The zero-order valence-corrected chi connectivity index (χ0v) is 11.5. The second-order valence-corrected chi connectivity index (χ2v) is 4.26. The van der Waals surface area contributed by atoms with Gasteiger partial charge in [-0.05, 0) is 31.2 Å². The summed E-state index contributed by atoms with van der Waals surface area (Å²) in [5.74, 6) is -1.90. The van der Waals surface area contributed by atoms with E-state index in [4.69, 9.17) is 10.8 Å². The number of benzene rings is 1. The summed E-state index contributed by atoms with van der Waals surface area (Å²) in [6.07, 6.45) is 0. The molecule has 0 spiro atoms. The summed E-state index contributed by atoms with van der Waals surface area (Å²) in [6.45, 7) is 0.981. The van der Waals surface area contributed by atoms with Crippen LogP contribution in [0.5, 0.6) is 5.75 Å². The lowest BCUT2D eigenvalue weighted by molar-refractivity contribution is -0.135. The highest BCUT2D eigenvalue weighted by molar-refractivity contribution is 5.97. The quantitative estimate of drug-likeness (QED) is 0.692. The molecule has 0 aliphatic carbocycles. The van der Waals surface area contributed by atoms with Crippen molar-refractivity contribution in [3.63, 3.8) is 0 Å². The number of carbonyl (C=O) groups excluding carboxylic acids is 2. The lowest BCUT2D eigenvalue weighted by Crippen LogP contribution is -2.48. The molecular formula is C13H17N3O5. The molecule has 0 radical (unpaired) electrons. The Hall–Kier alpha value is -2.77. The van der Waals surface area contributed by atoms with E-state index in [-0.39, 0.29) is 18.8 Å². The van der Waals surface area contributed by atoms with Crippen molar-refractivity contribution in [3.05, 3.63) is 24.3 Å². The summed E-state index contributed by atoms with van der Waals surface area (Å²) in [5.41, 5.74) is 5.36. The van der Waals surface area contributed by atoms with Crippen molar-refractivity contribution < 1.29 is 24.6 Å². The first-order valence-electron chi connectivity index (χ1n) is 6.20. The third-order valence-electron chi connectivity index (χ3n) is 2.68. The van der Waals surface area contributed by atoms with Crippen molar-refractivity contribution in [2.75, 3.05) is 24.5 Å². The standard InChI is InChI=1S/C13H17N3O5/c1-2-15(7-11(14)18)13(21)16(8-12(19)20)9-3-5-10(17)6-4-9/h3-6,17H,2,7-8H2,1H3,(H2,14,18)(H,19,20). The molecule has 0 saturated carbocycles. The predicted octanol–water partition coefficient (Wildman–Crippen LogP) is 0.210. The van der Waals surface area contributed by atoms with E-state index in [9.17, 15) is 19.5 Å². The van der Waals surface area contributed by atoms with Crippen LogP contribution in [0.3, 0.4) is 0 Å². The number of carbonyl (C=O) groups is 3. The number of aromatic hydroxyl groups is 1. The van der Waals surface area contributed by atoms with Gasteiger partial charge in [-0.25, -0.2) is 4.79 Å². The fraction of sp³-hybridized carbons (Fsp3) is 0.308. The van der Waals surface area contributed by atoms with Crippen molar-refractivity contribution >= 4 is 23.6 Å². The lowest BCUT2D eigenvalue weighted by Gasteiger charge is -2.28. The summed E-state index contributed by atoms with van der Waals surface area (Å²) in [7, 11) is 0. The molecule has 0 aliphatic heterocycles. The average Bonchev–Trinajstić information content (AvgIpc) is 2.42. The van der Waals surface area contributed by atoms with Crippen LogP contribution in [0.4, 0.5) is 10.5 Å². The first kappa shape index (κ1) is 16.3. The first-order chi connectivity index (χ1) is 9.85. The third kappa shape index (κ3) is 4.68. The number of primary amides is 1. The first-order valence-corrected chi connectivity index (χ1v) is 6.20. The molecule has 3 amide bonds. The molecule has 0 fully saturated rings. The van der Waals surface area contributed by atoms with Crippen molar-refractivity contribution in [1.29, 1.82) is 0 Å². The van der Waals surface area contributed by atoms with Gasteiger partial charge in [0.2, 0.25) is 5.91 Å². The highest BCUT2D eigenvalue weighted by atomic mass is 16.4. The van der Waals surface area contributed by atoms with Crippen molar-refractivity contribution in [2.45, 2.75) is 6.92 Å². The van der Waals surface area contributed by atoms with Crippen LogP contribution in [0.1, 0.15) is 6.92 Å². The van der Waals surface area contributed by atoms with Crippen molar-refractivity contribution in [3.8, 4) is 5.75 Å². The number of carboxylic acid groups (broad SMARTS) is 1. The molecule has 8 nitrogen and oxygen atoms in total. The minimum atomic E-state index is -1.20. The van der Waals surface area contributed by atoms with E-state index in [2.05, 4.69) is 0 Å². The van der Waals surface area contributed by atoms with Crippen LogP contribution in [0, 0.1) is 0 Å². The molecule has 0 unspecified atom stereocenters. The Morgan fingerprint density at radius 2 is 1.71 bits per heavy atom. The minimum absolute atomic E-state index is 0.00837. The van der Waals surface area contributed by atoms with E-state index in [1.807, 2.05) is 0 Å². The van der Waals surface area contributed by atoms with Gasteiger partial charge in [0, 0.05) is 12.2 Å². The van der Waals surface area contributed by atoms with Gasteiger partial charge in [-0.1, -0.05) is 0 Å². The number of amides is 3. The molecule has 0 aliphatic rings. The number of nitrogens with two attached hydrogens (primary N) is 1. The highest BCUT2D eigenvalue weighted by Crippen LogP contribution is 2.19. The average molecular weight is 295 g/mol. The summed E-state index contributed by atoms with van der Waals surface area (Å²) in [6, 6.07) is 4.84. The van der Waals surface area contributed by atoms with Crippen molar-refractivity contribution in [2.24, 2.45) is 5.73 Å². The van der Waals surface area contributed by atoms with E-state index < -0.39 is 24.5 Å². The molecule has 0 aromatic heterocycles. The van der Waals surface area contributed by atoms with Crippen LogP contribution in [0.2, 0.25) is 0 Å². The van der Waals surface area contributed by atoms with Gasteiger partial charge in [-0.2, -0.15) is 0 Å². The maximum Gasteiger partial charge on any atom is 0.325 e. The van der Waals surface area contributed by atoms with E-state index in [1.54, 1.807) is 6.92 Å². The highest BCUT2D eigenvalue weighted by Gasteiger charge is 2.24.